The van der Waals surface area contributed by atoms with E-state index in [0.29, 0.717) is 29.5 Å². The summed E-state index contributed by atoms with van der Waals surface area (Å²) in [7, 11) is 1.57. The standard InChI is InChI=1S/C15H14N4O2/c1-3-8-17-15-18-13(12(9-16)14(20)19-15)10-4-6-11(21-2)7-5-10/h3-7H,1,8H2,2H3,(H2,17,18,19,20). The van der Waals surface area contributed by atoms with Crippen LogP contribution in [-0.2, 0) is 0 Å². The van der Waals surface area contributed by atoms with Gasteiger partial charge in [0, 0.05) is 12.1 Å². The predicted molar refractivity (Wildman–Crippen MR) is 80.2 cm³/mol. The molecule has 6 nitrogen and oxygen atoms in total. The molecule has 0 fully saturated rings. The number of aromatic amines is 1. The molecule has 0 unspecified atom stereocenters. The van der Waals surface area contributed by atoms with Crippen LogP contribution in [-0.4, -0.2) is 23.6 Å². The molecule has 106 valence electrons. The van der Waals surface area contributed by atoms with Crippen molar-refractivity contribution < 1.29 is 4.74 Å². The van der Waals surface area contributed by atoms with E-state index in [2.05, 4.69) is 21.9 Å². The molecule has 0 aliphatic heterocycles. The van der Waals surface area contributed by atoms with Gasteiger partial charge in [0.15, 0.2) is 0 Å². The molecular formula is C15H14N4O2. The maximum atomic E-state index is 11.9. The van der Waals surface area contributed by atoms with Gasteiger partial charge >= 0.3 is 0 Å². The zero-order valence-electron chi connectivity index (χ0n) is 11.5. The van der Waals surface area contributed by atoms with Crippen LogP contribution >= 0.6 is 0 Å². The highest BCUT2D eigenvalue weighted by molar-refractivity contribution is 5.67. The van der Waals surface area contributed by atoms with Gasteiger partial charge in [-0.1, -0.05) is 6.08 Å². The fraction of sp³-hybridized carbons (Fsp3) is 0.133. The average Bonchev–Trinajstić information content (AvgIpc) is 2.52. The van der Waals surface area contributed by atoms with E-state index >= 15 is 0 Å². The van der Waals surface area contributed by atoms with Crippen molar-refractivity contribution in [3.63, 3.8) is 0 Å². The molecule has 21 heavy (non-hydrogen) atoms. The second kappa shape index (κ2) is 6.39. The molecule has 1 aromatic heterocycles. The molecule has 2 aromatic rings. The van der Waals surface area contributed by atoms with Crippen LogP contribution in [0.4, 0.5) is 5.95 Å². The average molecular weight is 282 g/mol. The molecule has 0 aliphatic carbocycles. The molecule has 0 spiro atoms. The summed E-state index contributed by atoms with van der Waals surface area (Å²) in [5, 5.41) is 12.1. The summed E-state index contributed by atoms with van der Waals surface area (Å²) in [5.41, 5.74) is 0.491. The maximum Gasteiger partial charge on any atom is 0.270 e. The van der Waals surface area contributed by atoms with E-state index in [1.807, 2.05) is 6.07 Å². The Morgan fingerprint density at radius 2 is 2.19 bits per heavy atom. The second-order valence-corrected chi connectivity index (χ2v) is 4.15. The predicted octanol–water partition coefficient (Wildman–Crippen LogP) is 1.92. The zero-order chi connectivity index (χ0) is 15.2. The lowest BCUT2D eigenvalue weighted by Crippen LogP contribution is -2.17. The number of hydrogen-bond donors (Lipinski definition) is 2. The molecule has 0 atom stereocenters. The molecule has 1 heterocycles. The fourth-order valence-electron chi connectivity index (χ4n) is 1.79. The summed E-state index contributed by atoms with van der Waals surface area (Å²) in [4.78, 5) is 18.8. The van der Waals surface area contributed by atoms with E-state index < -0.39 is 5.56 Å². The molecule has 6 heteroatoms. The third-order valence-electron chi connectivity index (χ3n) is 2.81. The first-order chi connectivity index (χ1) is 10.2. The fourth-order valence-corrected chi connectivity index (χ4v) is 1.79. The van der Waals surface area contributed by atoms with Crippen LogP contribution in [0.2, 0.25) is 0 Å². The number of aromatic nitrogens is 2. The molecule has 0 saturated carbocycles. The van der Waals surface area contributed by atoms with Crippen molar-refractivity contribution in [3.05, 3.63) is 52.8 Å². The quantitative estimate of drug-likeness (QED) is 0.817. The van der Waals surface area contributed by atoms with Gasteiger partial charge in [-0.3, -0.25) is 9.78 Å². The number of nitrogens with one attached hydrogen (secondary N) is 2. The van der Waals surface area contributed by atoms with Crippen LogP contribution in [0.5, 0.6) is 5.75 Å². The van der Waals surface area contributed by atoms with E-state index in [-0.39, 0.29) is 5.56 Å². The van der Waals surface area contributed by atoms with Crippen LogP contribution < -0.4 is 15.6 Å². The van der Waals surface area contributed by atoms with Crippen LogP contribution in [0.3, 0.4) is 0 Å². The molecule has 1 aromatic carbocycles. The molecule has 0 amide bonds. The topological polar surface area (TPSA) is 90.8 Å². The van der Waals surface area contributed by atoms with Gasteiger partial charge in [-0.25, -0.2) is 4.98 Å². The third-order valence-corrected chi connectivity index (χ3v) is 2.81. The summed E-state index contributed by atoms with van der Waals surface area (Å²) in [6.45, 7) is 4.04. The molecule has 2 rings (SSSR count). The number of benzene rings is 1. The Morgan fingerprint density at radius 1 is 1.48 bits per heavy atom. The van der Waals surface area contributed by atoms with Crippen molar-refractivity contribution in [2.75, 3.05) is 19.0 Å². The lowest BCUT2D eigenvalue weighted by molar-refractivity contribution is 0.415. The Hall–Kier alpha value is -3.07. The normalized spacial score (nSPS) is 9.71. The summed E-state index contributed by atoms with van der Waals surface area (Å²) in [5.74, 6) is 0.983. The van der Waals surface area contributed by atoms with Gasteiger partial charge in [-0.15, -0.1) is 6.58 Å². The number of methoxy groups -OCH3 is 1. The van der Waals surface area contributed by atoms with Crippen molar-refractivity contribution in [2.45, 2.75) is 0 Å². The SMILES string of the molecule is C=CCNc1nc(-c2ccc(OC)cc2)c(C#N)c(=O)[nH]1. The smallest absolute Gasteiger partial charge is 0.270 e. The van der Waals surface area contributed by atoms with Crippen LogP contribution in [0, 0.1) is 11.3 Å². The van der Waals surface area contributed by atoms with Gasteiger partial charge in [0.1, 0.15) is 17.4 Å². The van der Waals surface area contributed by atoms with Crippen molar-refractivity contribution >= 4 is 5.95 Å². The maximum absolute atomic E-state index is 11.9. The molecule has 2 N–H and O–H groups in total. The number of nitrogens with zero attached hydrogens (tertiary/aromatic N) is 2. The Labute approximate surface area is 121 Å². The highest BCUT2D eigenvalue weighted by Gasteiger charge is 2.13. The summed E-state index contributed by atoms with van der Waals surface area (Å²) < 4.78 is 5.09. The number of H-pyrrole nitrogens is 1. The highest BCUT2D eigenvalue weighted by atomic mass is 16.5. The van der Waals surface area contributed by atoms with Crippen molar-refractivity contribution in [1.82, 2.24) is 9.97 Å². The van der Waals surface area contributed by atoms with Gasteiger partial charge in [0.25, 0.3) is 5.56 Å². The van der Waals surface area contributed by atoms with Crippen molar-refractivity contribution in [3.8, 4) is 23.1 Å². The largest absolute Gasteiger partial charge is 0.497 e. The Kier molecular flexibility index (Phi) is 4.36. The Bertz CT molecular complexity index is 742. The number of nitriles is 1. The zero-order valence-corrected chi connectivity index (χ0v) is 11.5. The monoisotopic (exact) mass is 282 g/mol. The number of rotatable bonds is 5. The van der Waals surface area contributed by atoms with Crippen molar-refractivity contribution in [2.24, 2.45) is 0 Å². The highest BCUT2D eigenvalue weighted by Crippen LogP contribution is 2.22. The van der Waals surface area contributed by atoms with Crippen molar-refractivity contribution in [1.29, 1.82) is 5.26 Å². The molecule has 0 aliphatic rings. The lowest BCUT2D eigenvalue weighted by Gasteiger charge is -2.08. The van der Waals surface area contributed by atoms with Gasteiger partial charge < -0.3 is 10.1 Å². The molecular weight excluding hydrogens is 268 g/mol. The summed E-state index contributed by atoms with van der Waals surface area (Å²) in [6.07, 6.45) is 1.64. The summed E-state index contributed by atoms with van der Waals surface area (Å²) in [6, 6.07) is 8.88. The van der Waals surface area contributed by atoms with Gasteiger partial charge in [0.2, 0.25) is 5.95 Å². The number of hydrogen-bond acceptors (Lipinski definition) is 5. The summed E-state index contributed by atoms with van der Waals surface area (Å²) >= 11 is 0. The van der Waals surface area contributed by atoms with E-state index in [1.54, 1.807) is 37.5 Å². The minimum atomic E-state index is -0.482. The van der Waals surface area contributed by atoms with Crippen LogP contribution in [0.15, 0.2) is 41.7 Å². The van der Waals surface area contributed by atoms with Crippen LogP contribution in [0.25, 0.3) is 11.3 Å². The first kappa shape index (κ1) is 14.3. The number of ether oxygens (including phenoxy) is 1. The minimum Gasteiger partial charge on any atom is -0.497 e. The van der Waals surface area contributed by atoms with E-state index in [1.165, 1.54) is 0 Å². The van der Waals surface area contributed by atoms with E-state index in [4.69, 9.17) is 10.00 Å². The Morgan fingerprint density at radius 3 is 2.76 bits per heavy atom. The van der Waals surface area contributed by atoms with Gasteiger partial charge in [-0.2, -0.15) is 5.26 Å². The first-order valence-electron chi connectivity index (χ1n) is 6.23. The first-order valence-corrected chi connectivity index (χ1v) is 6.23. The van der Waals surface area contributed by atoms with Gasteiger partial charge in [-0.05, 0) is 24.3 Å². The number of anilines is 1. The lowest BCUT2D eigenvalue weighted by atomic mass is 10.1. The minimum absolute atomic E-state index is 0.0238. The molecule has 0 saturated heterocycles. The second-order valence-electron chi connectivity index (χ2n) is 4.15. The Balaban J connectivity index is 2.53. The van der Waals surface area contributed by atoms with Crippen LogP contribution in [0.1, 0.15) is 5.56 Å². The third kappa shape index (κ3) is 3.09. The van der Waals surface area contributed by atoms with Gasteiger partial charge in [0.05, 0.1) is 12.8 Å². The molecule has 0 radical (unpaired) electrons. The van der Waals surface area contributed by atoms with E-state index in [9.17, 15) is 4.79 Å². The van der Waals surface area contributed by atoms with E-state index in [0.717, 1.165) is 0 Å². The molecule has 0 bridgehead atoms.